The van der Waals surface area contributed by atoms with Gasteiger partial charge in [0.2, 0.25) is 10.0 Å². The number of pyridine rings is 1. The molecule has 0 radical (unpaired) electrons. The van der Waals surface area contributed by atoms with Gasteiger partial charge >= 0.3 is 0 Å². The topological polar surface area (TPSA) is 99.6 Å². The van der Waals surface area contributed by atoms with Crippen LogP contribution in [0.25, 0.3) is 10.8 Å². The van der Waals surface area contributed by atoms with Crippen molar-refractivity contribution in [3.05, 3.63) is 90.8 Å². The standard InChI is InChI=1S/C24H27N3O4S/c1-4-22(20-13-12-18-9-5-6-10-19(18)15-20)32(30,31)27(16-21-11-7-8-14-25-21)23(17(2)3)24(28)26-29/h4-15,17,22-23,29H,1,16H2,2-3H3,(H,26,28). The zero-order valence-electron chi connectivity index (χ0n) is 18.0. The minimum Gasteiger partial charge on any atom is -0.289 e. The predicted octanol–water partition coefficient (Wildman–Crippen LogP) is 3.82. The Morgan fingerprint density at radius 1 is 1.12 bits per heavy atom. The summed E-state index contributed by atoms with van der Waals surface area (Å²) < 4.78 is 29.0. The number of sulfonamides is 1. The molecule has 1 aromatic heterocycles. The van der Waals surface area contributed by atoms with Gasteiger partial charge in [-0.05, 0) is 40.5 Å². The van der Waals surface area contributed by atoms with Crippen LogP contribution in [0.3, 0.4) is 0 Å². The molecule has 0 saturated carbocycles. The number of hydrogen-bond acceptors (Lipinski definition) is 5. The van der Waals surface area contributed by atoms with E-state index in [0.29, 0.717) is 11.3 Å². The highest BCUT2D eigenvalue weighted by Crippen LogP contribution is 2.32. The van der Waals surface area contributed by atoms with Crippen LogP contribution in [0.1, 0.15) is 30.4 Å². The molecular formula is C24H27N3O4S. The van der Waals surface area contributed by atoms with Crippen LogP contribution in [0.4, 0.5) is 0 Å². The number of rotatable bonds is 9. The van der Waals surface area contributed by atoms with Gasteiger partial charge in [-0.15, -0.1) is 6.58 Å². The van der Waals surface area contributed by atoms with Crippen molar-refractivity contribution in [2.75, 3.05) is 0 Å². The number of carbonyl (C=O) groups is 1. The number of aromatic nitrogens is 1. The Hall–Kier alpha value is -3.07. The van der Waals surface area contributed by atoms with E-state index in [-0.39, 0.29) is 6.54 Å². The number of benzene rings is 2. The second-order valence-electron chi connectivity index (χ2n) is 7.84. The molecule has 1 heterocycles. The maximum Gasteiger partial charge on any atom is 0.262 e. The summed E-state index contributed by atoms with van der Waals surface area (Å²) in [4.78, 5) is 16.8. The first kappa shape index (κ1) is 23.6. The highest BCUT2D eigenvalue weighted by molar-refractivity contribution is 7.89. The van der Waals surface area contributed by atoms with Gasteiger partial charge in [0.1, 0.15) is 11.3 Å². The molecule has 0 spiro atoms. The van der Waals surface area contributed by atoms with Crippen molar-refractivity contribution < 1.29 is 18.4 Å². The summed E-state index contributed by atoms with van der Waals surface area (Å²) in [6, 6.07) is 17.1. The number of nitrogens with one attached hydrogen (secondary N) is 1. The highest BCUT2D eigenvalue weighted by Gasteiger charge is 2.41. The SMILES string of the molecule is C=CC(c1ccc2ccccc2c1)S(=O)(=O)N(Cc1ccccn1)C(C(=O)NO)C(C)C. The molecule has 3 aromatic rings. The Bertz CT molecular complexity index is 1200. The largest absolute Gasteiger partial charge is 0.289 e. The monoisotopic (exact) mass is 453 g/mol. The molecule has 3 rings (SSSR count). The minimum atomic E-state index is -4.13. The Morgan fingerprint density at radius 3 is 2.41 bits per heavy atom. The lowest BCUT2D eigenvalue weighted by atomic mass is 10.0. The van der Waals surface area contributed by atoms with Crippen molar-refractivity contribution in [2.24, 2.45) is 5.92 Å². The lowest BCUT2D eigenvalue weighted by Gasteiger charge is -2.34. The summed E-state index contributed by atoms with van der Waals surface area (Å²) in [6.07, 6.45) is 2.92. The van der Waals surface area contributed by atoms with Gasteiger partial charge in [0.15, 0.2) is 0 Å². The van der Waals surface area contributed by atoms with Gasteiger partial charge in [-0.2, -0.15) is 4.31 Å². The van der Waals surface area contributed by atoms with E-state index in [0.717, 1.165) is 15.1 Å². The van der Waals surface area contributed by atoms with Gasteiger partial charge in [-0.1, -0.05) is 62.4 Å². The Kier molecular flexibility index (Phi) is 7.40. The van der Waals surface area contributed by atoms with Crippen LogP contribution in [0.5, 0.6) is 0 Å². The van der Waals surface area contributed by atoms with E-state index in [2.05, 4.69) is 11.6 Å². The maximum atomic E-state index is 13.9. The van der Waals surface area contributed by atoms with Crippen LogP contribution in [-0.4, -0.2) is 34.9 Å². The van der Waals surface area contributed by atoms with Crippen LogP contribution in [0.2, 0.25) is 0 Å². The van der Waals surface area contributed by atoms with Gasteiger partial charge in [0, 0.05) is 6.20 Å². The number of fused-ring (bicyclic) bond motifs is 1. The molecule has 0 saturated heterocycles. The van der Waals surface area contributed by atoms with Crippen LogP contribution in [0, 0.1) is 5.92 Å². The lowest BCUT2D eigenvalue weighted by Crippen LogP contribution is -2.52. The number of hydroxylamine groups is 1. The molecule has 8 heteroatoms. The van der Waals surface area contributed by atoms with E-state index in [1.165, 1.54) is 6.08 Å². The van der Waals surface area contributed by atoms with E-state index in [9.17, 15) is 18.4 Å². The summed E-state index contributed by atoms with van der Waals surface area (Å²) in [7, 11) is -4.13. The van der Waals surface area contributed by atoms with Crippen molar-refractivity contribution in [3.8, 4) is 0 Å². The third-order valence-electron chi connectivity index (χ3n) is 5.33. The van der Waals surface area contributed by atoms with Gasteiger partial charge < -0.3 is 0 Å². The van der Waals surface area contributed by atoms with E-state index < -0.39 is 33.1 Å². The molecule has 0 aliphatic rings. The minimum absolute atomic E-state index is 0.128. The average molecular weight is 454 g/mol. The molecule has 7 nitrogen and oxygen atoms in total. The number of amides is 1. The van der Waals surface area contributed by atoms with Crippen LogP contribution >= 0.6 is 0 Å². The molecule has 1 amide bonds. The third-order valence-corrected chi connectivity index (χ3v) is 7.44. The fourth-order valence-electron chi connectivity index (χ4n) is 3.79. The smallest absolute Gasteiger partial charge is 0.262 e. The van der Waals surface area contributed by atoms with Crippen LogP contribution in [-0.2, 0) is 21.4 Å². The quantitative estimate of drug-likeness (QED) is 0.291. The molecule has 0 bridgehead atoms. The first-order valence-electron chi connectivity index (χ1n) is 10.3. The van der Waals surface area contributed by atoms with E-state index >= 15 is 0 Å². The molecule has 2 N–H and O–H groups in total. The zero-order chi connectivity index (χ0) is 23.3. The molecular weight excluding hydrogens is 426 g/mol. The summed E-state index contributed by atoms with van der Waals surface area (Å²) in [6.45, 7) is 7.09. The second kappa shape index (κ2) is 10.0. The molecule has 0 aliphatic carbocycles. The molecule has 168 valence electrons. The average Bonchev–Trinajstić information content (AvgIpc) is 2.79. The Labute approximate surface area is 188 Å². The first-order chi connectivity index (χ1) is 15.3. The summed E-state index contributed by atoms with van der Waals surface area (Å²) in [5.74, 6) is -1.22. The van der Waals surface area contributed by atoms with E-state index in [4.69, 9.17) is 0 Å². The third kappa shape index (κ3) is 4.88. The molecule has 32 heavy (non-hydrogen) atoms. The van der Waals surface area contributed by atoms with Crippen molar-refractivity contribution >= 4 is 26.7 Å². The molecule has 2 unspecified atom stereocenters. The van der Waals surface area contributed by atoms with Crippen molar-refractivity contribution in [2.45, 2.75) is 31.7 Å². The van der Waals surface area contributed by atoms with Gasteiger partial charge in [0.05, 0.1) is 12.2 Å². The predicted molar refractivity (Wildman–Crippen MR) is 124 cm³/mol. The van der Waals surface area contributed by atoms with E-state index in [1.54, 1.807) is 49.8 Å². The molecule has 0 fully saturated rings. The van der Waals surface area contributed by atoms with Gasteiger partial charge in [0.25, 0.3) is 5.91 Å². The fraction of sp³-hybridized carbons (Fsp3) is 0.250. The number of nitrogens with zero attached hydrogens (tertiary/aromatic N) is 2. The summed E-state index contributed by atoms with van der Waals surface area (Å²) in [5.41, 5.74) is 2.63. The van der Waals surface area contributed by atoms with Crippen LogP contribution in [0.15, 0.2) is 79.5 Å². The van der Waals surface area contributed by atoms with Crippen LogP contribution < -0.4 is 5.48 Å². The van der Waals surface area contributed by atoms with Crippen molar-refractivity contribution in [1.29, 1.82) is 0 Å². The number of hydrogen-bond donors (Lipinski definition) is 2. The van der Waals surface area contributed by atoms with Crippen molar-refractivity contribution in [3.63, 3.8) is 0 Å². The number of carbonyl (C=O) groups excluding carboxylic acids is 1. The van der Waals surface area contributed by atoms with Crippen molar-refractivity contribution in [1.82, 2.24) is 14.8 Å². The Morgan fingerprint density at radius 2 is 1.81 bits per heavy atom. The Balaban J connectivity index is 2.12. The van der Waals surface area contributed by atoms with E-state index in [1.807, 2.05) is 36.4 Å². The lowest BCUT2D eigenvalue weighted by molar-refractivity contribution is -0.134. The fourth-order valence-corrected chi connectivity index (χ4v) is 5.78. The maximum absolute atomic E-state index is 13.9. The molecule has 0 aliphatic heterocycles. The normalized spacial score (nSPS) is 13.8. The summed E-state index contributed by atoms with van der Waals surface area (Å²) >= 11 is 0. The highest BCUT2D eigenvalue weighted by atomic mass is 32.2. The molecule has 2 aromatic carbocycles. The first-order valence-corrected chi connectivity index (χ1v) is 11.8. The summed E-state index contributed by atoms with van der Waals surface area (Å²) in [5, 5.41) is 10.1. The zero-order valence-corrected chi connectivity index (χ0v) is 18.9. The molecule has 2 atom stereocenters. The van der Waals surface area contributed by atoms with Gasteiger partial charge in [-0.25, -0.2) is 13.9 Å². The second-order valence-corrected chi connectivity index (χ2v) is 9.85. The van der Waals surface area contributed by atoms with Gasteiger partial charge in [-0.3, -0.25) is 15.0 Å².